The molecule has 0 N–H and O–H groups in total. The third-order valence-corrected chi connectivity index (χ3v) is 5.34. The van der Waals surface area contributed by atoms with E-state index in [4.69, 9.17) is 11.6 Å². The first-order chi connectivity index (χ1) is 8.77. The molecule has 0 aliphatic heterocycles. The van der Waals surface area contributed by atoms with Gasteiger partial charge in [-0.15, -0.1) is 11.6 Å². The molecule has 1 saturated carbocycles. The zero-order chi connectivity index (χ0) is 13.0. The summed E-state index contributed by atoms with van der Waals surface area (Å²) in [6, 6.07) is 11.0. The summed E-state index contributed by atoms with van der Waals surface area (Å²) in [5.74, 6) is 2.41. The summed E-state index contributed by atoms with van der Waals surface area (Å²) in [4.78, 5) is 0. The number of hydrogen-bond donors (Lipinski definition) is 0. The summed E-state index contributed by atoms with van der Waals surface area (Å²) in [6.07, 6.45) is 6.47. The van der Waals surface area contributed by atoms with Crippen molar-refractivity contribution in [3.63, 3.8) is 0 Å². The van der Waals surface area contributed by atoms with Gasteiger partial charge in [0.25, 0.3) is 0 Å². The second kappa shape index (κ2) is 6.10. The van der Waals surface area contributed by atoms with E-state index in [2.05, 4.69) is 44.2 Å². The van der Waals surface area contributed by atoms with Crippen LogP contribution in [0.3, 0.4) is 0 Å². The second-order valence-corrected chi connectivity index (χ2v) is 6.08. The van der Waals surface area contributed by atoms with Crippen LogP contribution in [0.1, 0.15) is 57.4 Å². The normalized spacial score (nSPS) is 25.7. The molecule has 0 bridgehead atoms. The molecular weight excluding hydrogens is 240 g/mol. The molecule has 18 heavy (non-hydrogen) atoms. The van der Waals surface area contributed by atoms with E-state index in [1.165, 1.54) is 37.7 Å². The first-order valence-electron chi connectivity index (χ1n) is 7.38. The molecule has 0 spiro atoms. The van der Waals surface area contributed by atoms with E-state index in [1.807, 2.05) is 0 Å². The lowest BCUT2D eigenvalue weighted by atomic mass is 9.76. The average Bonchev–Trinajstić information content (AvgIpc) is 3.23. The lowest BCUT2D eigenvalue weighted by Crippen LogP contribution is -2.25. The van der Waals surface area contributed by atoms with Crippen molar-refractivity contribution in [2.24, 2.45) is 11.3 Å². The molecule has 0 aromatic heterocycles. The van der Waals surface area contributed by atoms with Crippen molar-refractivity contribution >= 4 is 11.6 Å². The Kier molecular flexibility index (Phi) is 4.72. The van der Waals surface area contributed by atoms with Gasteiger partial charge in [-0.1, -0.05) is 57.0 Å². The van der Waals surface area contributed by atoms with Crippen molar-refractivity contribution in [2.45, 2.75) is 51.9 Å². The average molecular weight is 265 g/mol. The maximum absolute atomic E-state index is 6.35. The van der Waals surface area contributed by atoms with Crippen LogP contribution in [0, 0.1) is 11.3 Å². The van der Waals surface area contributed by atoms with E-state index in [0.717, 1.165) is 17.7 Å². The molecule has 100 valence electrons. The van der Waals surface area contributed by atoms with Crippen molar-refractivity contribution in [2.75, 3.05) is 5.88 Å². The Morgan fingerprint density at radius 1 is 1.22 bits per heavy atom. The molecule has 1 aromatic rings. The third-order valence-electron chi connectivity index (χ3n) is 4.80. The molecule has 1 heteroatoms. The van der Waals surface area contributed by atoms with Crippen LogP contribution in [0.4, 0.5) is 0 Å². The summed E-state index contributed by atoms with van der Waals surface area (Å²) in [6.45, 7) is 4.59. The molecule has 3 atom stereocenters. The molecule has 1 fully saturated rings. The zero-order valence-corrected chi connectivity index (χ0v) is 12.4. The number of halogens is 1. The van der Waals surface area contributed by atoms with Crippen LogP contribution in [0.2, 0.25) is 0 Å². The van der Waals surface area contributed by atoms with Gasteiger partial charge in [0.15, 0.2) is 0 Å². The van der Waals surface area contributed by atoms with Crippen LogP contribution in [0.5, 0.6) is 0 Å². The highest BCUT2D eigenvalue weighted by molar-refractivity contribution is 6.18. The van der Waals surface area contributed by atoms with Crippen LogP contribution in [0.25, 0.3) is 0 Å². The number of unbranched alkanes of at least 4 members (excludes halogenated alkanes) is 1. The van der Waals surface area contributed by atoms with Crippen LogP contribution >= 0.6 is 11.6 Å². The Hall–Kier alpha value is -0.490. The van der Waals surface area contributed by atoms with Gasteiger partial charge in [0.1, 0.15) is 0 Å². The molecule has 1 aromatic carbocycles. The van der Waals surface area contributed by atoms with Gasteiger partial charge in [0, 0.05) is 5.88 Å². The van der Waals surface area contributed by atoms with Gasteiger partial charge in [-0.2, -0.15) is 0 Å². The predicted octanol–water partition coefficient (Wildman–Crippen LogP) is 5.62. The number of benzene rings is 1. The SMILES string of the molecule is CCCCC(CC)(CCl)C1CC1c1ccccc1. The largest absolute Gasteiger partial charge is 0.126 e. The number of rotatable bonds is 7. The Balaban J connectivity index is 2.06. The molecule has 2 rings (SSSR count). The molecule has 3 unspecified atom stereocenters. The van der Waals surface area contributed by atoms with Crippen molar-refractivity contribution < 1.29 is 0 Å². The fourth-order valence-corrected chi connectivity index (χ4v) is 3.87. The predicted molar refractivity (Wildman–Crippen MR) is 80.3 cm³/mol. The summed E-state index contributed by atoms with van der Waals surface area (Å²) in [5.41, 5.74) is 1.90. The topological polar surface area (TPSA) is 0 Å². The minimum absolute atomic E-state index is 0.387. The van der Waals surface area contributed by atoms with Crippen LogP contribution in [-0.4, -0.2) is 5.88 Å². The lowest BCUT2D eigenvalue weighted by molar-refractivity contribution is 0.231. The van der Waals surface area contributed by atoms with Gasteiger partial charge in [-0.3, -0.25) is 0 Å². The van der Waals surface area contributed by atoms with E-state index >= 15 is 0 Å². The first-order valence-corrected chi connectivity index (χ1v) is 7.91. The molecule has 0 nitrogen and oxygen atoms in total. The van der Waals surface area contributed by atoms with Crippen LogP contribution < -0.4 is 0 Å². The second-order valence-electron chi connectivity index (χ2n) is 5.81. The maximum atomic E-state index is 6.35. The van der Waals surface area contributed by atoms with E-state index < -0.39 is 0 Å². The Morgan fingerprint density at radius 2 is 1.94 bits per heavy atom. The van der Waals surface area contributed by atoms with E-state index in [9.17, 15) is 0 Å². The number of hydrogen-bond acceptors (Lipinski definition) is 0. The smallest absolute Gasteiger partial charge is 0.0282 e. The van der Waals surface area contributed by atoms with Gasteiger partial charge in [-0.05, 0) is 42.1 Å². The van der Waals surface area contributed by atoms with Crippen LogP contribution in [-0.2, 0) is 0 Å². The minimum atomic E-state index is 0.387. The number of alkyl halides is 1. The quantitative estimate of drug-likeness (QED) is 0.561. The lowest BCUT2D eigenvalue weighted by Gasteiger charge is -2.31. The fourth-order valence-electron chi connectivity index (χ4n) is 3.35. The molecule has 1 aliphatic rings. The third kappa shape index (κ3) is 2.74. The Bertz CT molecular complexity index is 353. The van der Waals surface area contributed by atoms with E-state index in [1.54, 1.807) is 0 Å². The highest BCUT2D eigenvalue weighted by Gasteiger charge is 2.51. The molecule has 0 saturated heterocycles. The molecule has 0 amide bonds. The zero-order valence-electron chi connectivity index (χ0n) is 11.7. The minimum Gasteiger partial charge on any atom is -0.126 e. The fraction of sp³-hybridized carbons (Fsp3) is 0.647. The van der Waals surface area contributed by atoms with Crippen LogP contribution in [0.15, 0.2) is 30.3 Å². The summed E-state index contributed by atoms with van der Waals surface area (Å²) >= 11 is 6.35. The van der Waals surface area contributed by atoms with Crippen molar-refractivity contribution in [1.29, 1.82) is 0 Å². The van der Waals surface area contributed by atoms with Gasteiger partial charge in [0.05, 0.1) is 0 Å². The molecular formula is C17H25Cl. The Labute approximate surface area is 117 Å². The van der Waals surface area contributed by atoms with Crippen molar-refractivity contribution in [3.8, 4) is 0 Å². The highest BCUT2D eigenvalue weighted by atomic mass is 35.5. The van der Waals surface area contributed by atoms with Gasteiger partial charge >= 0.3 is 0 Å². The molecule has 1 aliphatic carbocycles. The first kappa shape index (κ1) is 13.9. The Morgan fingerprint density at radius 3 is 2.50 bits per heavy atom. The van der Waals surface area contributed by atoms with Gasteiger partial charge in [-0.25, -0.2) is 0 Å². The summed E-state index contributed by atoms with van der Waals surface area (Å²) in [7, 11) is 0. The summed E-state index contributed by atoms with van der Waals surface area (Å²) < 4.78 is 0. The maximum Gasteiger partial charge on any atom is 0.0282 e. The van der Waals surface area contributed by atoms with Gasteiger partial charge in [0.2, 0.25) is 0 Å². The summed E-state index contributed by atoms with van der Waals surface area (Å²) in [5, 5.41) is 0. The van der Waals surface area contributed by atoms with Crippen molar-refractivity contribution in [1.82, 2.24) is 0 Å². The van der Waals surface area contributed by atoms with E-state index in [-0.39, 0.29) is 0 Å². The molecule has 0 heterocycles. The van der Waals surface area contributed by atoms with E-state index in [0.29, 0.717) is 5.41 Å². The standard InChI is InChI=1S/C17H25Cl/c1-3-5-11-17(4-2,13-18)16-12-15(16)14-9-7-6-8-10-14/h6-10,15-16H,3-5,11-13H2,1-2H3. The van der Waals surface area contributed by atoms with Crippen molar-refractivity contribution in [3.05, 3.63) is 35.9 Å². The molecule has 0 radical (unpaired) electrons. The monoisotopic (exact) mass is 264 g/mol. The van der Waals surface area contributed by atoms with Gasteiger partial charge < -0.3 is 0 Å². The highest BCUT2D eigenvalue weighted by Crippen LogP contribution is 2.60.